The number of esters is 1. The van der Waals surface area contributed by atoms with Gasteiger partial charge in [-0.3, -0.25) is 9.89 Å². The minimum atomic E-state index is -4.61. The van der Waals surface area contributed by atoms with E-state index in [4.69, 9.17) is 10.1 Å². The van der Waals surface area contributed by atoms with Gasteiger partial charge in [-0.2, -0.15) is 13.2 Å². The molecule has 0 fully saturated rings. The molecule has 8 nitrogen and oxygen atoms in total. The zero-order valence-electron chi connectivity index (χ0n) is 25.5. The van der Waals surface area contributed by atoms with Crippen molar-refractivity contribution < 1.29 is 89.0 Å². The van der Waals surface area contributed by atoms with Crippen molar-refractivity contribution in [2.75, 3.05) is 13.7 Å². The van der Waals surface area contributed by atoms with Crippen molar-refractivity contribution in [2.45, 2.75) is 110 Å². The first-order chi connectivity index (χ1) is 19.6. The number of methoxy groups -OCH3 is 1. The molecule has 0 saturated carbocycles. The summed E-state index contributed by atoms with van der Waals surface area (Å²) in [4.78, 5) is 10.2. The van der Waals surface area contributed by atoms with Crippen LogP contribution in [-0.2, 0) is 40.1 Å². The maximum absolute atomic E-state index is 13.3. The maximum Gasteiger partial charge on any atom is 1.00 e. The number of carbonyl (C=O) groups excluding carboxylic acids is 1. The summed E-state index contributed by atoms with van der Waals surface area (Å²) in [5, 5.41) is 34.2. The van der Waals surface area contributed by atoms with Crippen LogP contribution in [0.25, 0.3) is 16.6 Å². The van der Waals surface area contributed by atoms with Crippen molar-refractivity contribution >= 4 is 11.8 Å². The third-order valence-electron chi connectivity index (χ3n) is 6.91. The molecule has 0 aliphatic carbocycles. The minimum Gasteiger partial charge on any atom is -0.507 e. The van der Waals surface area contributed by atoms with Gasteiger partial charge in [-0.05, 0) is 59.9 Å². The molecule has 2 N–H and O–H groups in total. The molecule has 3 rings (SSSR count). The number of hydrogen-bond acceptors (Lipinski definition) is 7. The summed E-state index contributed by atoms with van der Waals surface area (Å²) in [6.45, 7) is 6.06. The number of aliphatic hydroxyl groups excluding tert-OH is 1. The number of nitrogens with zero attached hydrogens (tertiary/aromatic N) is 3. The summed E-state index contributed by atoms with van der Waals surface area (Å²) in [6.07, 6.45) is 4.12. The Morgan fingerprint density at radius 2 is 1.88 bits per heavy atom. The van der Waals surface area contributed by atoms with Crippen molar-refractivity contribution in [1.29, 1.82) is 0 Å². The van der Waals surface area contributed by atoms with Gasteiger partial charge in [0, 0.05) is 18.6 Å². The minimum absolute atomic E-state index is 0. The van der Waals surface area contributed by atoms with Crippen LogP contribution in [0.1, 0.15) is 101 Å². The average molecular weight is 622 g/mol. The molecule has 0 radical (unpaired) electrons. The van der Waals surface area contributed by atoms with E-state index in [1.54, 1.807) is 0 Å². The number of phenolic OH excluding ortho intramolecular Hbond substituents is 1. The number of carbonyl (C=O) groups is 1. The second-order valence-electron chi connectivity index (χ2n) is 10.0. The van der Waals surface area contributed by atoms with E-state index in [0.29, 0.717) is 48.9 Å². The number of aromatic nitrogens is 2. The fourth-order valence-corrected chi connectivity index (χ4v) is 4.65. The van der Waals surface area contributed by atoms with Crippen molar-refractivity contribution in [3.05, 3.63) is 39.7 Å². The number of ether oxygens (including phenoxy) is 2. The van der Waals surface area contributed by atoms with Gasteiger partial charge in [0.15, 0.2) is 0 Å². The molecule has 0 saturated heterocycles. The molecule has 42 heavy (non-hydrogen) atoms. The van der Waals surface area contributed by atoms with Crippen molar-refractivity contribution in [1.82, 2.24) is 10.2 Å². The van der Waals surface area contributed by atoms with Crippen molar-refractivity contribution in [3.63, 3.8) is 0 Å². The SMILES string of the molecule is CCCC(=O)OC.CCCCCCC(CC)[N-]c1nnc2c(c1CO)CCCOCc1cc(C(F)(F)F)cc(O)c1-2.[K+]. The third kappa shape index (κ3) is 11.7. The molecular weight excluding hydrogens is 578 g/mol. The number of benzene rings is 1. The van der Waals surface area contributed by atoms with E-state index in [1.165, 1.54) is 13.5 Å². The number of rotatable bonds is 11. The number of aliphatic hydroxyl groups is 1. The third-order valence-corrected chi connectivity index (χ3v) is 6.91. The number of aromatic hydroxyl groups is 1. The van der Waals surface area contributed by atoms with Gasteiger partial charge in [-0.15, -0.1) is 0 Å². The molecule has 2 aromatic rings. The summed E-state index contributed by atoms with van der Waals surface area (Å²) >= 11 is 0. The Balaban J connectivity index is 0.000000981. The smallest absolute Gasteiger partial charge is 0.507 e. The van der Waals surface area contributed by atoms with Gasteiger partial charge in [0.05, 0.1) is 31.6 Å². The van der Waals surface area contributed by atoms with Crippen LogP contribution in [0.3, 0.4) is 0 Å². The van der Waals surface area contributed by atoms with Crippen molar-refractivity contribution in [3.8, 4) is 17.0 Å². The number of phenols is 1. The molecule has 1 unspecified atom stereocenters. The number of unbranched alkanes of at least 4 members (excludes halogenated alkanes) is 3. The van der Waals surface area contributed by atoms with Crippen LogP contribution < -0.4 is 51.4 Å². The Labute approximate surface area is 289 Å². The monoisotopic (exact) mass is 621 g/mol. The van der Waals surface area contributed by atoms with E-state index in [2.05, 4.69) is 28.8 Å². The van der Waals surface area contributed by atoms with E-state index >= 15 is 0 Å². The van der Waals surface area contributed by atoms with Crippen LogP contribution in [0, 0.1) is 0 Å². The zero-order chi connectivity index (χ0) is 30.4. The fraction of sp³-hybridized carbons (Fsp3) is 0.633. The van der Waals surface area contributed by atoms with Gasteiger partial charge < -0.3 is 30.1 Å². The molecule has 12 heteroatoms. The summed E-state index contributed by atoms with van der Waals surface area (Å²) < 4.78 is 49.9. The summed E-state index contributed by atoms with van der Waals surface area (Å²) in [5.74, 6) is -0.305. The zero-order valence-corrected chi connectivity index (χ0v) is 28.6. The van der Waals surface area contributed by atoms with Gasteiger partial charge >= 0.3 is 63.5 Å². The van der Waals surface area contributed by atoms with E-state index in [-0.39, 0.29) is 93.4 Å². The first-order valence-corrected chi connectivity index (χ1v) is 14.4. The van der Waals surface area contributed by atoms with Gasteiger partial charge in [0.1, 0.15) is 5.75 Å². The van der Waals surface area contributed by atoms with Gasteiger partial charge in [0.2, 0.25) is 0 Å². The van der Waals surface area contributed by atoms with E-state index < -0.39 is 17.5 Å². The molecule has 230 valence electrons. The topological polar surface area (TPSA) is 116 Å². The number of hydrogen-bond donors (Lipinski definition) is 2. The number of alkyl halides is 3. The standard InChI is InChI=1S/C25H33F3N3O3.C5H10O2.K/c1-3-5-6-7-9-18(4-2)29-24-20(14-32)19-10-8-11-34-15-16-12-17(25(26,27)28)13-21(33)22(16)23(19)30-31-24;1-3-4-5(6)7-2;/h12-13,18,32H,3-11,14-15H2,1-2H3,(H-,29,30,31,33);3-4H2,1-2H3;/q-1;;+1. The maximum atomic E-state index is 13.3. The summed E-state index contributed by atoms with van der Waals surface area (Å²) in [7, 11) is 1.40. The second-order valence-corrected chi connectivity index (χ2v) is 10.0. The van der Waals surface area contributed by atoms with E-state index in [9.17, 15) is 28.2 Å². The quantitative estimate of drug-likeness (QED) is 0.215. The Morgan fingerprint density at radius 1 is 1.14 bits per heavy atom. The number of fused-ring (bicyclic) bond motifs is 3. The molecule has 1 aromatic carbocycles. The van der Waals surface area contributed by atoms with Crippen molar-refractivity contribution in [2.24, 2.45) is 0 Å². The van der Waals surface area contributed by atoms with Crippen LogP contribution >= 0.6 is 0 Å². The van der Waals surface area contributed by atoms with Gasteiger partial charge in [-0.25, -0.2) is 0 Å². The van der Waals surface area contributed by atoms with Gasteiger partial charge in [-0.1, -0.05) is 59.3 Å². The van der Waals surface area contributed by atoms with Crippen LogP contribution in [0.4, 0.5) is 19.0 Å². The largest absolute Gasteiger partial charge is 1.00 e. The van der Waals surface area contributed by atoms with Crippen LogP contribution in [0.2, 0.25) is 0 Å². The first-order valence-electron chi connectivity index (χ1n) is 14.4. The molecule has 1 aliphatic rings. The first kappa shape index (κ1) is 38.7. The molecule has 1 aromatic heterocycles. The average Bonchev–Trinajstić information content (AvgIpc) is 3.03. The Kier molecular flexibility index (Phi) is 18.3. The van der Waals surface area contributed by atoms with Gasteiger partial charge in [0.25, 0.3) is 0 Å². The Bertz CT molecular complexity index is 1120. The van der Waals surface area contributed by atoms with Crippen LogP contribution in [0.5, 0.6) is 5.75 Å². The molecule has 0 bridgehead atoms. The summed E-state index contributed by atoms with van der Waals surface area (Å²) in [5.41, 5.74) is 0.795. The molecular formula is C30H43F3KN3O5. The Hall–Kier alpha value is -1.28. The van der Waals surface area contributed by atoms with Crippen LogP contribution in [-0.4, -0.2) is 46.1 Å². The summed E-state index contributed by atoms with van der Waals surface area (Å²) in [6, 6.07) is 1.72. The number of halogens is 3. The van der Waals surface area contributed by atoms with Crippen LogP contribution in [0.15, 0.2) is 12.1 Å². The predicted octanol–water partition coefficient (Wildman–Crippen LogP) is 4.54. The Morgan fingerprint density at radius 3 is 2.45 bits per heavy atom. The molecule has 1 atom stereocenters. The molecule has 0 spiro atoms. The normalized spacial score (nSPS) is 13.5. The molecule has 0 amide bonds. The van der Waals surface area contributed by atoms with E-state index in [0.717, 1.165) is 44.6 Å². The fourth-order valence-electron chi connectivity index (χ4n) is 4.65. The second kappa shape index (κ2) is 19.9. The van der Waals surface area contributed by atoms with E-state index in [1.807, 2.05) is 6.92 Å². The molecule has 2 heterocycles. The predicted molar refractivity (Wildman–Crippen MR) is 151 cm³/mol. The molecule has 1 aliphatic heterocycles.